The lowest BCUT2D eigenvalue weighted by Crippen LogP contribution is -2.12. The van der Waals surface area contributed by atoms with Crippen LogP contribution in [0.3, 0.4) is 0 Å². The Balaban J connectivity index is 0.000000192. The Bertz CT molecular complexity index is 3270. The van der Waals surface area contributed by atoms with Gasteiger partial charge in [-0.05, 0) is 133 Å². The predicted molar refractivity (Wildman–Crippen MR) is 273 cm³/mol. The monoisotopic (exact) mass is 980 g/mol. The molecule has 6 N–H and O–H groups in total. The summed E-state index contributed by atoms with van der Waals surface area (Å²) in [6.07, 6.45) is 6.05. The number of nitrogens with one attached hydrogen (secondary N) is 4. The first-order chi connectivity index (χ1) is 35.3. The summed E-state index contributed by atoms with van der Waals surface area (Å²) < 4.78 is 23.1. The van der Waals surface area contributed by atoms with E-state index in [1.54, 1.807) is 84.9 Å². The van der Waals surface area contributed by atoms with E-state index in [-0.39, 0.29) is 51.3 Å². The largest absolute Gasteiger partial charge is 0.494 e. The van der Waals surface area contributed by atoms with Crippen molar-refractivity contribution >= 4 is 45.1 Å². The number of hydrogen-bond acceptors (Lipinski definition) is 14. The highest BCUT2D eigenvalue weighted by Crippen LogP contribution is 2.25. The highest BCUT2D eigenvalue weighted by molar-refractivity contribution is 6.06. The number of benzene rings is 6. The van der Waals surface area contributed by atoms with Crippen LogP contribution in [0, 0.1) is 0 Å². The first-order valence-corrected chi connectivity index (χ1v) is 23.1. The highest BCUT2D eigenvalue weighted by atomic mass is 16.5. The third-order valence-electron chi connectivity index (χ3n) is 11.3. The summed E-state index contributed by atoms with van der Waals surface area (Å²) in [4.78, 5) is 50.3. The molecular formula is C54H48N10O9. The number of carbonyl (C=O) groups is 2. The Morgan fingerprint density at radius 2 is 0.904 bits per heavy atom. The molecule has 0 bridgehead atoms. The zero-order valence-electron chi connectivity index (χ0n) is 39.1. The van der Waals surface area contributed by atoms with Gasteiger partial charge in [0, 0.05) is 46.8 Å². The van der Waals surface area contributed by atoms with Crippen LogP contribution in [-0.4, -0.2) is 71.8 Å². The molecule has 0 fully saturated rings. The van der Waals surface area contributed by atoms with Gasteiger partial charge in [0.15, 0.2) is 22.4 Å². The van der Waals surface area contributed by atoms with Gasteiger partial charge in [0.25, 0.3) is 11.8 Å². The molecule has 0 aliphatic heterocycles. The van der Waals surface area contributed by atoms with Crippen molar-refractivity contribution in [1.82, 2.24) is 41.2 Å². The second-order valence-electron chi connectivity index (χ2n) is 16.4. The zero-order chi connectivity index (χ0) is 49.5. The number of amides is 2. The number of aromatic amines is 2. The number of unbranched alkanes of at least 4 members (excludes halogenated alkanes) is 2. The van der Waals surface area contributed by atoms with Gasteiger partial charge in [-0.15, -0.1) is 20.4 Å². The van der Waals surface area contributed by atoms with Gasteiger partial charge >= 0.3 is 0 Å². The number of hydrogen-bond donors (Lipinski definition) is 4. The number of aryl methyl sites for hydroxylation is 2. The maximum absolute atomic E-state index is 12.7. The third kappa shape index (κ3) is 13.4. The molecule has 0 unspecified atom stereocenters. The minimum absolute atomic E-state index is 0. The van der Waals surface area contributed by atoms with Crippen molar-refractivity contribution in [3.63, 3.8) is 0 Å². The van der Waals surface area contributed by atoms with Gasteiger partial charge in [-0.3, -0.25) is 19.2 Å². The van der Waals surface area contributed by atoms with Gasteiger partial charge in [0.2, 0.25) is 11.6 Å². The Labute approximate surface area is 415 Å². The quantitative estimate of drug-likeness (QED) is 0.0588. The van der Waals surface area contributed by atoms with Crippen LogP contribution in [-0.2, 0) is 12.8 Å². The summed E-state index contributed by atoms with van der Waals surface area (Å²) in [6.45, 7) is 1.24. The van der Waals surface area contributed by atoms with E-state index in [1.165, 1.54) is 23.3 Å². The normalized spacial score (nSPS) is 10.7. The Hall–Kier alpha value is -9.62. The van der Waals surface area contributed by atoms with Crippen LogP contribution in [0.2, 0.25) is 0 Å². The molecule has 368 valence electrons. The van der Waals surface area contributed by atoms with E-state index in [0.29, 0.717) is 69.2 Å². The van der Waals surface area contributed by atoms with Crippen LogP contribution in [0.15, 0.2) is 176 Å². The number of ether oxygens (including phenoxy) is 2. The molecule has 0 atom stereocenters. The van der Waals surface area contributed by atoms with Crippen molar-refractivity contribution in [2.75, 3.05) is 23.8 Å². The zero-order valence-corrected chi connectivity index (χ0v) is 39.1. The van der Waals surface area contributed by atoms with Crippen molar-refractivity contribution in [3.05, 3.63) is 200 Å². The van der Waals surface area contributed by atoms with E-state index in [0.717, 1.165) is 38.5 Å². The molecule has 2 amide bonds. The summed E-state index contributed by atoms with van der Waals surface area (Å²) in [7, 11) is 0. The molecule has 0 aliphatic rings. The van der Waals surface area contributed by atoms with Crippen molar-refractivity contribution < 1.29 is 33.4 Å². The SMILES string of the molecule is O.O=C(Nc1ccc2c(=O)cc(-c3nn[nH]n3)oc2c1)c1ccc(OCCCCc2ccccc2)cc1.O=C(Nc1ccc2c(=O)cc(-c3nn[nH]n3)oc2c1)c1ccc(OCCCCc2ccccc2)cc1. The van der Waals surface area contributed by atoms with E-state index >= 15 is 0 Å². The minimum atomic E-state index is -0.291. The molecule has 73 heavy (non-hydrogen) atoms. The fourth-order valence-electron chi connectivity index (χ4n) is 7.56. The van der Waals surface area contributed by atoms with E-state index in [9.17, 15) is 19.2 Å². The maximum atomic E-state index is 12.7. The summed E-state index contributed by atoms with van der Waals surface area (Å²) >= 11 is 0. The van der Waals surface area contributed by atoms with Crippen molar-refractivity contribution in [1.29, 1.82) is 0 Å². The van der Waals surface area contributed by atoms with Gasteiger partial charge in [-0.2, -0.15) is 10.4 Å². The topological polar surface area (TPSA) is 277 Å². The third-order valence-corrected chi connectivity index (χ3v) is 11.3. The van der Waals surface area contributed by atoms with E-state index < -0.39 is 0 Å². The summed E-state index contributed by atoms with van der Waals surface area (Å²) in [5.74, 6) is 1.55. The standard InChI is InChI=1S/2C27H23N5O4.H2O/c2*33-23-17-25(26-29-31-32-30-26)36-24-16-20(11-14-22(23)24)28-27(34)19-9-12-21(13-10-19)35-15-5-4-8-18-6-2-1-3-7-18;/h2*1-3,6-7,9-14,16-17H,4-5,8,15H2,(H,28,34)(H,29,30,31,32);1H2. The van der Waals surface area contributed by atoms with Crippen LogP contribution >= 0.6 is 0 Å². The van der Waals surface area contributed by atoms with E-state index in [1.807, 2.05) is 12.1 Å². The van der Waals surface area contributed by atoms with Gasteiger partial charge in [-0.25, -0.2) is 0 Å². The average Bonchev–Trinajstić information content (AvgIpc) is 4.17. The first kappa shape index (κ1) is 49.8. The second-order valence-corrected chi connectivity index (χ2v) is 16.4. The van der Waals surface area contributed by atoms with Crippen LogP contribution in [0.25, 0.3) is 45.1 Å². The van der Waals surface area contributed by atoms with Crippen molar-refractivity contribution in [2.24, 2.45) is 0 Å². The molecule has 19 nitrogen and oxygen atoms in total. The molecular weight excluding hydrogens is 933 g/mol. The molecule has 6 aromatic carbocycles. The van der Waals surface area contributed by atoms with Crippen LogP contribution in [0.1, 0.15) is 57.5 Å². The molecule has 0 saturated carbocycles. The molecule has 4 heterocycles. The van der Waals surface area contributed by atoms with E-state index in [2.05, 4.69) is 100 Å². The molecule has 10 rings (SSSR count). The van der Waals surface area contributed by atoms with Gasteiger partial charge < -0.3 is 34.4 Å². The summed E-state index contributed by atoms with van der Waals surface area (Å²) in [6, 6.07) is 47.0. The fraction of sp³-hybridized carbons (Fsp3) is 0.148. The number of nitrogens with zero attached hydrogens (tertiary/aromatic N) is 6. The first-order valence-electron chi connectivity index (χ1n) is 23.1. The van der Waals surface area contributed by atoms with Crippen molar-refractivity contribution in [3.8, 4) is 34.7 Å². The Morgan fingerprint density at radius 3 is 1.29 bits per heavy atom. The summed E-state index contributed by atoms with van der Waals surface area (Å²) in [5, 5.41) is 33.3. The average molecular weight is 981 g/mol. The number of carbonyl (C=O) groups excluding carboxylic acids is 2. The lowest BCUT2D eigenvalue weighted by molar-refractivity contribution is 0.101. The molecule has 4 aromatic heterocycles. The van der Waals surface area contributed by atoms with Crippen LogP contribution in [0.5, 0.6) is 11.5 Å². The maximum Gasteiger partial charge on any atom is 0.255 e. The summed E-state index contributed by atoms with van der Waals surface area (Å²) in [5.41, 5.74) is 4.70. The van der Waals surface area contributed by atoms with Crippen LogP contribution < -0.4 is 31.0 Å². The second kappa shape index (κ2) is 24.3. The van der Waals surface area contributed by atoms with Crippen LogP contribution in [0.4, 0.5) is 11.4 Å². The Kier molecular flexibility index (Phi) is 16.6. The number of anilines is 2. The van der Waals surface area contributed by atoms with Gasteiger partial charge in [-0.1, -0.05) is 60.7 Å². The minimum Gasteiger partial charge on any atom is -0.494 e. The molecule has 0 radical (unpaired) electrons. The molecule has 19 heteroatoms. The molecule has 0 spiro atoms. The smallest absolute Gasteiger partial charge is 0.255 e. The lowest BCUT2D eigenvalue weighted by Gasteiger charge is -2.09. The highest BCUT2D eigenvalue weighted by Gasteiger charge is 2.15. The van der Waals surface area contributed by atoms with Gasteiger partial charge in [0.1, 0.15) is 22.7 Å². The van der Waals surface area contributed by atoms with Gasteiger partial charge in [0.05, 0.1) is 24.0 Å². The molecule has 0 aliphatic carbocycles. The lowest BCUT2D eigenvalue weighted by atomic mass is 10.1. The predicted octanol–water partition coefficient (Wildman–Crippen LogP) is 8.43. The molecule has 10 aromatic rings. The fourth-order valence-corrected chi connectivity index (χ4v) is 7.56. The Morgan fingerprint density at radius 1 is 0.493 bits per heavy atom. The number of fused-ring (bicyclic) bond motifs is 2. The van der Waals surface area contributed by atoms with Crippen molar-refractivity contribution in [2.45, 2.75) is 38.5 Å². The number of tetrazole rings is 2. The molecule has 0 saturated heterocycles. The van der Waals surface area contributed by atoms with E-state index in [4.69, 9.17) is 18.3 Å². The number of H-pyrrole nitrogens is 2. The number of aromatic nitrogens is 8. The number of rotatable bonds is 18.